The highest BCUT2D eigenvalue weighted by Gasteiger charge is 2.35. The van der Waals surface area contributed by atoms with Crippen molar-refractivity contribution in [2.75, 3.05) is 13.1 Å². The van der Waals surface area contributed by atoms with Crippen LogP contribution >= 0.6 is 0 Å². The first-order valence-corrected chi connectivity index (χ1v) is 8.01. The van der Waals surface area contributed by atoms with Crippen LogP contribution in [0.3, 0.4) is 0 Å². The average molecular weight is 257 g/mol. The third kappa shape index (κ3) is 4.87. The van der Waals surface area contributed by atoms with Gasteiger partial charge in [0.2, 0.25) is 0 Å². The number of nitrogens with zero attached hydrogens (tertiary/aromatic N) is 1. The number of rotatable bonds is 9. The van der Waals surface area contributed by atoms with Gasteiger partial charge >= 0.3 is 0 Å². The predicted molar refractivity (Wildman–Crippen MR) is 77.8 cm³/mol. The monoisotopic (exact) mass is 257 g/mol. The Bertz CT molecular complexity index is 219. The van der Waals surface area contributed by atoms with Crippen molar-refractivity contribution < 1.29 is 4.39 Å². The van der Waals surface area contributed by atoms with E-state index in [1.54, 1.807) is 0 Å². The summed E-state index contributed by atoms with van der Waals surface area (Å²) >= 11 is 0. The van der Waals surface area contributed by atoms with Gasteiger partial charge in [0.1, 0.15) is 6.17 Å². The van der Waals surface area contributed by atoms with Gasteiger partial charge in [-0.1, -0.05) is 52.4 Å². The molecule has 108 valence electrons. The first kappa shape index (κ1) is 15.9. The lowest BCUT2D eigenvalue weighted by Crippen LogP contribution is -2.45. The quantitative estimate of drug-likeness (QED) is 0.528. The molecule has 1 rings (SSSR count). The predicted octanol–water partition coefficient (Wildman–Crippen LogP) is 4.95. The molecule has 0 aliphatic carbocycles. The Kier molecular flexibility index (Phi) is 7.21. The Morgan fingerprint density at radius 1 is 1.06 bits per heavy atom. The Morgan fingerprint density at radius 2 is 1.72 bits per heavy atom. The third-order valence-electron chi connectivity index (χ3n) is 4.53. The SMILES string of the molecule is CCCCCCC(C)(CCCC)N1CCC(F)C1. The van der Waals surface area contributed by atoms with E-state index in [2.05, 4.69) is 25.7 Å². The molecule has 0 N–H and O–H groups in total. The van der Waals surface area contributed by atoms with Gasteiger partial charge in [0, 0.05) is 18.6 Å². The summed E-state index contributed by atoms with van der Waals surface area (Å²) in [6.07, 6.45) is 10.5. The minimum Gasteiger partial charge on any atom is -0.295 e. The van der Waals surface area contributed by atoms with Crippen LogP contribution in [0, 0.1) is 0 Å². The molecule has 0 bridgehead atoms. The Morgan fingerprint density at radius 3 is 2.28 bits per heavy atom. The van der Waals surface area contributed by atoms with Crippen molar-refractivity contribution in [3.05, 3.63) is 0 Å². The Hall–Kier alpha value is -0.110. The molecule has 0 aromatic rings. The Balaban J connectivity index is 2.45. The van der Waals surface area contributed by atoms with Crippen LogP contribution in [-0.2, 0) is 0 Å². The van der Waals surface area contributed by atoms with E-state index in [9.17, 15) is 4.39 Å². The zero-order valence-corrected chi connectivity index (χ0v) is 12.7. The summed E-state index contributed by atoms with van der Waals surface area (Å²) in [5.41, 5.74) is 0.255. The fourth-order valence-corrected chi connectivity index (χ4v) is 3.14. The van der Waals surface area contributed by atoms with Gasteiger partial charge in [0.05, 0.1) is 0 Å². The highest BCUT2D eigenvalue weighted by atomic mass is 19.1. The summed E-state index contributed by atoms with van der Waals surface area (Å²) < 4.78 is 13.4. The maximum Gasteiger partial charge on any atom is 0.114 e. The van der Waals surface area contributed by atoms with Crippen molar-refractivity contribution >= 4 is 0 Å². The maximum atomic E-state index is 13.4. The van der Waals surface area contributed by atoms with E-state index >= 15 is 0 Å². The molecule has 2 heteroatoms. The maximum absolute atomic E-state index is 13.4. The molecule has 1 aliphatic heterocycles. The molecule has 1 heterocycles. The van der Waals surface area contributed by atoms with Crippen LogP contribution in [0.4, 0.5) is 4.39 Å². The standard InChI is InChI=1S/C16H32FN/c1-4-6-8-9-12-16(3,11-7-5-2)18-13-10-15(17)14-18/h15H,4-14H2,1-3H3. The summed E-state index contributed by atoms with van der Waals surface area (Å²) in [5, 5.41) is 0. The lowest BCUT2D eigenvalue weighted by molar-refractivity contribution is 0.0998. The first-order valence-electron chi connectivity index (χ1n) is 8.01. The van der Waals surface area contributed by atoms with Gasteiger partial charge in [0.15, 0.2) is 0 Å². The van der Waals surface area contributed by atoms with Crippen LogP contribution < -0.4 is 0 Å². The average Bonchev–Trinajstić information content (AvgIpc) is 2.80. The number of unbranched alkanes of at least 4 members (excludes halogenated alkanes) is 4. The van der Waals surface area contributed by atoms with Gasteiger partial charge in [-0.3, -0.25) is 4.90 Å². The molecule has 2 unspecified atom stereocenters. The highest BCUT2D eigenvalue weighted by molar-refractivity contribution is 4.91. The van der Waals surface area contributed by atoms with E-state index in [1.807, 2.05) is 0 Å². The van der Waals surface area contributed by atoms with Crippen LogP contribution in [-0.4, -0.2) is 29.7 Å². The number of halogens is 1. The van der Waals surface area contributed by atoms with E-state index in [4.69, 9.17) is 0 Å². The lowest BCUT2D eigenvalue weighted by Gasteiger charge is -2.39. The molecule has 0 aromatic heterocycles. The van der Waals surface area contributed by atoms with Crippen molar-refractivity contribution in [2.24, 2.45) is 0 Å². The van der Waals surface area contributed by atoms with Crippen molar-refractivity contribution in [2.45, 2.75) is 90.3 Å². The molecule has 1 fully saturated rings. The second-order valence-electron chi connectivity index (χ2n) is 6.24. The van der Waals surface area contributed by atoms with Crippen LogP contribution in [0.25, 0.3) is 0 Å². The molecule has 0 radical (unpaired) electrons. The number of likely N-dealkylation sites (tertiary alicyclic amines) is 1. The topological polar surface area (TPSA) is 3.24 Å². The van der Waals surface area contributed by atoms with Gasteiger partial charge in [-0.15, -0.1) is 0 Å². The summed E-state index contributed by atoms with van der Waals surface area (Å²) in [5.74, 6) is 0. The molecule has 1 aliphatic rings. The summed E-state index contributed by atoms with van der Waals surface area (Å²) in [7, 11) is 0. The van der Waals surface area contributed by atoms with Gasteiger partial charge in [-0.2, -0.15) is 0 Å². The van der Waals surface area contributed by atoms with Gasteiger partial charge < -0.3 is 0 Å². The number of alkyl halides is 1. The normalized spacial score (nSPS) is 24.3. The molecule has 1 nitrogen and oxygen atoms in total. The minimum absolute atomic E-state index is 0.255. The second-order valence-corrected chi connectivity index (χ2v) is 6.24. The number of hydrogen-bond donors (Lipinski definition) is 0. The molecule has 2 atom stereocenters. The Labute approximate surface area is 113 Å². The van der Waals surface area contributed by atoms with Gasteiger partial charge in [-0.05, 0) is 26.2 Å². The van der Waals surface area contributed by atoms with Crippen molar-refractivity contribution in [1.82, 2.24) is 4.90 Å². The first-order chi connectivity index (χ1) is 8.62. The van der Waals surface area contributed by atoms with Crippen molar-refractivity contribution in [3.63, 3.8) is 0 Å². The summed E-state index contributed by atoms with van der Waals surface area (Å²) in [6, 6.07) is 0. The molecule has 0 spiro atoms. The van der Waals surface area contributed by atoms with Gasteiger partial charge in [0.25, 0.3) is 0 Å². The lowest BCUT2D eigenvalue weighted by atomic mass is 9.87. The van der Waals surface area contributed by atoms with E-state index in [1.165, 1.54) is 51.4 Å². The van der Waals surface area contributed by atoms with Crippen molar-refractivity contribution in [3.8, 4) is 0 Å². The largest absolute Gasteiger partial charge is 0.295 e. The van der Waals surface area contributed by atoms with Crippen LogP contribution in [0.1, 0.15) is 78.6 Å². The summed E-state index contributed by atoms with van der Waals surface area (Å²) in [4.78, 5) is 2.43. The molecule has 18 heavy (non-hydrogen) atoms. The summed E-state index contributed by atoms with van der Waals surface area (Å²) in [6.45, 7) is 8.51. The molecular weight excluding hydrogens is 225 g/mol. The van der Waals surface area contributed by atoms with Crippen molar-refractivity contribution in [1.29, 1.82) is 0 Å². The zero-order chi connectivity index (χ0) is 13.4. The number of hydrogen-bond acceptors (Lipinski definition) is 1. The highest BCUT2D eigenvalue weighted by Crippen LogP contribution is 2.32. The minimum atomic E-state index is -0.582. The van der Waals surface area contributed by atoms with Crippen LogP contribution in [0.15, 0.2) is 0 Å². The van der Waals surface area contributed by atoms with Gasteiger partial charge in [-0.25, -0.2) is 4.39 Å². The van der Waals surface area contributed by atoms with E-state index in [0.29, 0.717) is 6.54 Å². The van der Waals surface area contributed by atoms with E-state index < -0.39 is 6.17 Å². The molecule has 0 amide bonds. The fourth-order valence-electron chi connectivity index (χ4n) is 3.14. The molecule has 1 saturated heterocycles. The van der Waals surface area contributed by atoms with E-state index in [-0.39, 0.29) is 5.54 Å². The molecular formula is C16H32FN. The molecule has 0 saturated carbocycles. The smallest absolute Gasteiger partial charge is 0.114 e. The fraction of sp³-hybridized carbons (Fsp3) is 1.00. The zero-order valence-electron chi connectivity index (χ0n) is 12.7. The van der Waals surface area contributed by atoms with E-state index in [0.717, 1.165) is 13.0 Å². The molecule has 0 aromatic carbocycles. The third-order valence-corrected chi connectivity index (χ3v) is 4.53. The van der Waals surface area contributed by atoms with Crippen LogP contribution in [0.2, 0.25) is 0 Å². The van der Waals surface area contributed by atoms with Crippen LogP contribution in [0.5, 0.6) is 0 Å². The second kappa shape index (κ2) is 8.14.